The quantitative estimate of drug-likeness (QED) is 0.871. The minimum Gasteiger partial charge on any atom is -0.312 e. The summed E-state index contributed by atoms with van der Waals surface area (Å²) >= 11 is 0. The highest BCUT2D eigenvalue weighted by Gasteiger charge is 2.31. The normalized spacial score (nSPS) is 27.8. The maximum absolute atomic E-state index is 3.85. The van der Waals surface area contributed by atoms with E-state index in [1.165, 1.54) is 44.6 Å². The first kappa shape index (κ1) is 16.9. The molecule has 1 N–H and O–H groups in total. The van der Waals surface area contributed by atoms with Crippen LogP contribution >= 0.6 is 0 Å². The van der Waals surface area contributed by atoms with Crippen LogP contribution in [0.15, 0.2) is 30.3 Å². The van der Waals surface area contributed by atoms with Crippen molar-refractivity contribution in [1.29, 1.82) is 0 Å². The summed E-state index contributed by atoms with van der Waals surface area (Å²) in [5, 5.41) is 3.85. The fourth-order valence-corrected chi connectivity index (χ4v) is 4.01. The van der Waals surface area contributed by atoms with Gasteiger partial charge in [0.05, 0.1) is 0 Å². The Hall–Kier alpha value is -0.900. The average molecular weight is 316 g/mol. The molecule has 0 amide bonds. The second kappa shape index (κ2) is 7.78. The number of hydrogen-bond donors (Lipinski definition) is 1. The number of likely N-dealkylation sites (N-methyl/N-ethyl adjacent to an activating group) is 1. The highest BCUT2D eigenvalue weighted by atomic mass is 15.3. The average Bonchev–Trinajstić information content (AvgIpc) is 2.51. The molecule has 1 aromatic carbocycles. The third-order valence-electron chi connectivity index (χ3n) is 5.80. The second-order valence-corrected chi connectivity index (χ2v) is 7.83. The summed E-state index contributed by atoms with van der Waals surface area (Å²) < 4.78 is 0. The molecule has 3 heteroatoms. The summed E-state index contributed by atoms with van der Waals surface area (Å²) in [6.45, 7) is 10.8. The number of rotatable bonds is 6. The van der Waals surface area contributed by atoms with Crippen molar-refractivity contribution in [3.63, 3.8) is 0 Å². The molecule has 3 rings (SSSR count). The number of hydrogen-bond acceptors (Lipinski definition) is 3. The van der Waals surface area contributed by atoms with Crippen molar-refractivity contribution >= 4 is 0 Å². The van der Waals surface area contributed by atoms with E-state index in [2.05, 4.69) is 66.3 Å². The summed E-state index contributed by atoms with van der Waals surface area (Å²) in [6.07, 6.45) is 2.61. The molecule has 1 heterocycles. The zero-order valence-electron chi connectivity index (χ0n) is 15.0. The Kier molecular flexibility index (Phi) is 5.73. The van der Waals surface area contributed by atoms with Gasteiger partial charge in [0.25, 0.3) is 0 Å². The van der Waals surface area contributed by atoms with Gasteiger partial charge in [-0.2, -0.15) is 0 Å². The molecular weight excluding hydrogens is 282 g/mol. The molecule has 2 aliphatic rings. The molecule has 0 radical (unpaired) electrons. The van der Waals surface area contributed by atoms with Gasteiger partial charge in [0.2, 0.25) is 0 Å². The molecule has 0 spiro atoms. The second-order valence-electron chi connectivity index (χ2n) is 7.83. The van der Waals surface area contributed by atoms with Gasteiger partial charge in [0, 0.05) is 44.8 Å². The lowest BCUT2D eigenvalue weighted by molar-refractivity contribution is 0.0830. The van der Waals surface area contributed by atoms with Crippen molar-refractivity contribution in [2.24, 2.45) is 5.92 Å². The molecule has 0 bridgehead atoms. The summed E-state index contributed by atoms with van der Waals surface area (Å²) in [5.41, 5.74) is 1.52. The topological polar surface area (TPSA) is 18.5 Å². The van der Waals surface area contributed by atoms with Crippen LogP contribution in [0.1, 0.15) is 38.2 Å². The van der Waals surface area contributed by atoms with Crippen molar-refractivity contribution in [1.82, 2.24) is 15.1 Å². The smallest absolute Gasteiger partial charge is 0.0244 e. The first-order valence-electron chi connectivity index (χ1n) is 9.34. The van der Waals surface area contributed by atoms with Gasteiger partial charge in [0.1, 0.15) is 0 Å². The largest absolute Gasteiger partial charge is 0.312 e. The van der Waals surface area contributed by atoms with E-state index in [4.69, 9.17) is 0 Å². The lowest BCUT2D eigenvalue weighted by Crippen LogP contribution is -2.55. The molecule has 23 heavy (non-hydrogen) atoms. The van der Waals surface area contributed by atoms with E-state index >= 15 is 0 Å². The zero-order valence-corrected chi connectivity index (χ0v) is 15.0. The highest BCUT2D eigenvalue weighted by Crippen LogP contribution is 2.36. The number of piperazine rings is 1. The van der Waals surface area contributed by atoms with Crippen molar-refractivity contribution < 1.29 is 0 Å². The van der Waals surface area contributed by atoms with E-state index in [-0.39, 0.29) is 0 Å². The molecule has 3 nitrogen and oxygen atoms in total. The van der Waals surface area contributed by atoms with Crippen molar-refractivity contribution in [3.8, 4) is 0 Å². The first-order chi connectivity index (χ1) is 11.1. The van der Waals surface area contributed by atoms with Crippen molar-refractivity contribution in [3.05, 3.63) is 35.9 Å². The van der Waals surface area contributed by atoms with Gasteiger partial charge in [-0.3, -0.25) is 4.90 Å². The van der Waals surface area contributed by atoms with E-state index in [0.717, 1.165) is 18.4 Å². The van der Waals surface area contributed by atoms with Crippen LogP contribution in [0, 0.1) is 5.92 Å². The van der Waals surface area contributed by atoms with Gasteiger partial charge in [0.15, 0.2) is 0 Å². The van der Waals surface area contributed by atoms with Crippen LogP contribution in [0.5, 0.6) is 0 Å². The predicted molar refractivity (Wildman–Crippen MR) is 97.9 cm³/mol. The van der Waals surface area contributed by atoms with Gasteiger partial charge in [-0.25, -0.2) is 0 Å². The van der Waals surface area contributed by atoms with Gasteiger partial charge in [-0.15, -0.1) is 0 Å². The molecule has 1 aliphatic carbocycles. The number of nitrogens with zero attached hydrogens (tertiary/aromatic N) is 2. The van der Waals surface area contributed by atoms with Crippen LogP contribution < -0.4 is 5.32 Å². The number of benzene rings is 1. The SMILES string of the molecule is CC(C)C(CNC1CC(c2ccccc2)C1)N1CCN(C)CC1. The molecule has 1 aromatic rings. The molecule has 1 saturated heterocycles. The molecule has 1 unspecified atom stereocenters. The fourth-order valence-electron chi connectivity index (χ4n) is 4.01. The Morgan fingerprint density at radius 2 is 1.70 bits per heavy atom. The molecule has 1 saturated carbocycles. The third-order valence-corrected chi connectivity index (χ3v) is 5.80. The highest BCUT2D eigenvalue weighted by molar-refractivity contribution is 5.22. The van der Waals surface area contributed by atoms with Gasteiger partial charge < -0.3 is 10.2 Å². The minimum absolute atomic E-state index is 0.680. The van der Waals surface area contributed by atoms with Crippen LogP contribution in [0.3, 0.4) is 0 Å². The lowest BCUT2D eigenvalue weighted by atomic mass is 9.76. The van der Waals surface area contributed by atoms with E-state index in [1.54, 1.807) is 0 Å². The summed E-state index contributed by atoms with van der Waals surface area (Å²) in [4.78, 5) is 5.14. The molecule has 2 fully saturated rings. The van der Waals surface area contributed by atoms with E-state index in [9.17, 15) is 0 Å². The van der Waals surface area contributed by atoms with Crippen LogP contribution in [0.25, 0.3) is 0 Å². The van der Waals surface area contributed by atoms with Crippen LogP contribution in [-0.2, 0) is 0 Å². The first-order valence-corrected chi connectivity index (χ1v) is 9.34. The van der Waals surface area contributed by atoms with E-state index in [1.807, 2.05) is 0 Å². The van der Waals surface area contributed by atoms with Crippen molar-refractivity contribution in [2.75, 3.05) is 39.8 Å². The Balaban J connectivity index is 1.44. The molecule has 128 valence electrons. The standard InChI is InChI=1S/C20H33N3/c1-16(2)20(23-11-9-22(3)10-12-23)15-21-19-13-18(14-19)17-7-5-4-6-8-17/h4-8,16,18-21H,9-15H2,1-3H3. The summed E-state index contributed by atoms with van der Waals surface area (Å²) in [7, 11) is 2.23. The fraction of sp³-hybridized carbons (Fsp3) is 0.700. The Morgan fingerprint density at radius 1 is 1.04 bits per heavy atom. The molecular formula is C20H33N3. The zero-order chi connectivity index (χ0) is 16.2. The van der Waals surface area contributed by atoms with E-state index in [0.29, 0.717) is 12.1 Å². The van der Waals surface area contributed by atoms with E-state index < -0.39 is 0 Å². The maximum atomic E-state index is 3.85. The van der Waals surface area contributed by atoms with Crippen molar-refractivity contribution in [2.45, 2.75) is 44.7 Å². The maximum Gasteiger partial charge on any atom is 0.0244 e. The van der Waals surface area contributed by atoms with Crippen LogP contribution in [-0.4, -0.2) is 61.7 Å². The number of nitrogens with one attached hydrogen (secondary N) is 1. The predicted octanol–water partition coefficient (Wildman–Crippen LogP) is 2.79. The Morgan fingerprint density at radius 3 is 2.30 bits per heavy atom. The third kappa shape index (κ3) is 4.34. The van der Waals surface area contributed by atoms with Crippen LogP contribution in [0.4, 0.5) is 0 Å². The monoisotopic (exact) mass is 315 g/mol. The van der Waals surface area contributed by atoms with Gasteiger partial charge in [-0.05, 0) is 37.3 Å². The lowest BCUT2D eigenvalue weighted by Gasteiger charge is -2.42. The van der Waals surface area contributed by atoms with Crippen LogP contribution in [0.2, 0.25) is 0 Å². The Bertz CT molecular complexity index is 459. The minimum atomic E-state index is 0.680. The molecule has 1 aliphatic heterocycles. The van der Waals surface area contributed by atoms with Gasteiger partial charge in [-0.1, -0.05) is 44.2 Å². The van der Waals surface area contributed by atoms with Gasteiger partial charge >= 0.3 is 0 Å². The molecule has 0 aromatic heterocycles. The summed E-state index contributed by atoms with van der Waals surface area (Å²) in [5.74, 6) is 1.49. The Labute approximate surface area is 142 Å². The molecule has 1 atom stereocenters. The summed E-state index contributed by atoms with van der Waals surface area (Å²) in [6, 6.07) is 12.4.